The molecule has 0 amide bonds. The molecule has 0 saturated carbocycles. The summed E-state index contributed by atoms with van der Waals surface area (Å²) in [5, 5.41) is 12.1. The normalized spacial score (nSPS) is 11.2. The highest BCUT2D eigenvalue weighted by Crippen LogP contribution is 2.25. The van der Waals surface area contributed by atoms with Gasteiger partial charge in [0.25, 0.3) is 5.56 Å². The summed E-state index contributed by atoms with van der Waals surface area (Å²) >= 11 is 0. The number of hydrogen-bond donors (Lipinski definition) is 1. The summed E-state index contributed by atoms with van der Waals surface area (Å²) < 4.78 is 6.54. The summed E-state index contributed by atoms with van der Waals surface area (Å²) in [7, 11) is 1.60. The van der Waals surface area contributed by atoms with Gasteiger partial charge in [-0.05, 0) is 35.9 Å². The number of hydrogen-bond acceptors (Lipinski definition) is 5. The van der Waals surface area contributed by atoms with Crippen molar-refractivity contribution in [3.63, 3.8) is 0 Å². The van der Waals surface area contributed by atoms with Crippen LogP contribution in [0.15, 0.2) is 82.8 Å². The zero-order valence-electron chi connectivity index (χ0n) is 15.8. The predicted molar refractivity (Wildman–Crippen MR) is 113 cm³/mol. The van der Waals surface area contributed by atoms with Crippen LogP contribution >= 0.6 is 0 Å². The molecule has 0 atom stereocenters. The van der Waals surface area contributed by atoms with E-state index >= 15 is 0 Å². The Bertz CT molecular complexity index is 1230. The molecule has 0 bridgehead atoms. The number of aromatic nitrogens is 2. The number of aromatic hydroxyl groups is 1. The van der Waals surface area contributed by atoms with Crippen LogP contribution in [0, 0.1) is 0 Å². The van der Waals surface area contributed by atoms with Crippen LogP contribution in [0.2, 0.25) is 0 Å². The van der Waals surface area contributed by atoms with E-state index < -0.39 is 0 Å². The van der Waals surface area contributed by atoms with Gasteiger partial charge >= 0.3 is 0 Å². The Balaban J connectivity index is 1.84. The summed E-state index contributed by atoms with van der Waals surface area (Å²) in [4.78, 5) is 21.4. The van der Waals surface area contributed by atoms with Gasteiger partial charge in [0.15, 0.2) is 0 Å². The molecule has 0 spiro atoms. The molecule has 0 aliphatic carbocycles. The molecule has 144 valence electrons. The Morgan fingerprint density at radius 1 is 1.03 bits per heavy atom. The van der Waals surface area contributed by atoms with Gasteiger partial charge in [-0.1, -0.05) is 30.3 Å². The van der Waals surface area contributed by atoms with Gasteiger partial charge in [0.2, 0.25) is 5.88 Å². The van der Waals surface area contributed by atoms with Gasteiger partial charge in [0, 0.05) is 29.4 Å². The third-order valence-corrected chi connectivity index (χ3v) is 4.69. The molecular formula is C23H19N3O3. The number of pyridine rings is 2. The van der Waals surface area contributed by atoms with E-state index in [1.807, 2.05) is 42.5 Å². The monoisotopic (exact) mass is 385 g/mol. The van der Waals surface area contributed by atoms with Crippen LogP contribution < -0.4 is 10.3 Å². The number of fused-ring (bicyclic) bond motifs is 1. The van der Waals surface area contributed by atoms with Crippen LogP contribution in [0.4, 0.5) is 5.69 Å². The lowest BCUT2D eigenvalue weighted by Crippen LogP contribution is -2.22. The van der Waals surface area contributed by atoms with Crippen LogP contribution in [0.1, 0.15) is 11.1 Å². The van der Waals surface area contributed by atoms with Crippen LogP contribution in [0.3, 0.4) is 0 Å². The Morgan fingerprint density at radius 3 is 2.41 bits per heavy atom. The van der Waals surface area contributed by atoms with E-state index in [-0.39, 0.29) is 18.0 Å². The number of rotatable bonds is 5. The molecule has 6 heteroatoms. The van der Waals surface area contributed by atoms with E-state index in [1.165, 1.54) is 4.57 Å². The highest BCUT2D eigenvalue weighted by molar-refractivity contribution is 6.02. The van der Waals surface area contributed by atoms with E-state index in [9.17, 15) is 9.90 Å². The average molecular weight is 385 g/mol. The summed E-state index contributed by atoms with van der Waals surface area (Å²) in [6, 6.07) is 18.1. The lowest BCUT2D eigenvalue weighted by atomic mass is 10.1. The van der Waals surface area contributed by atoms with Crippen molar-refractivity contribution in [1.29, 1.82) is 0 Å². The van der Waals surface area contributed by atoms with E-state index in [4.69, 9.17) is 4.74 Å². The number of methoxy groups -OCH3 is 1. The van der Waals surface area contributed by atoms with E-state index in [0.29, 0.717) is 22.0 Å². The van der Waals surface area contributed by atoms with E-state index in [0.717, 1.165) is 11.3 Å². The summed E-state index contributed by atoms with van der Waals surface area (Å²) in [6.45, 7) is 0.232. The fourth-order valence-corrected chi connectivity index (χ4v) is 3.17. The Morgan fingerprint density at radius 2 is 1.72 bits per heavy atom. The molecule has 6 nitrogen and oxygen atoms in total. The van der Waals surface area contributed by atoms with Crippen molar-refractivity contribution in [3.05, 3.63) is 94.5 Å². The Kier molecular flexibility index (Phi) is 5.07. The third kappa shape index (κ3) is 3.73. The highest BCUT2D eigenvalue weighted by atomic mass is 16.5. The molecule has 2 aromatic heterocycles. The number of nitrogens with zero attached hydrogens (tertiary/aromatic N) is 3. The zero-order chi connectivity index (χ0) is 20.2. The summed E-state index contributed by atoms with van der Waals surface area (Å²) in [5.74, 6) is 0.608. The highest BCUT2D eigenvalue weighted by Gasteiger charge is 2.15. The predicted octanol–water partition coefficient (Wildman–Crippen LogP) is 3.91. The standard InChI is InChI=1S/C23H19N3O3/c1-29-18-8-6-16(7-9-18)15-26-22(27)20-5-3-2-4-19(20)21(23(26)28)14-25-17-10-12-24-13-11-17/h2-14,28H,15H2,1H3. The molecule has 0 fully saturated rings. The lowest BCUT2D eigenvalue weighted by Gasteiger charge is -2.14. The summed E-state index contributed by atoms with van der Waals surface area (Å²) in [6.07, 6.45) is 4.88. The van der Waals surface area contributed by atoms with Crippen molar-refractivity contribution in [2.75, 3.05) is 7.11 Å². The maximum absolute atomic E-state index is 13.0. The molecule has 4 rings (SSSR count). The first-order valence-corrected chi connectivity index (χ1v) is 9.09. The van der Waals surface area contributed by atoms with Crippen LogP contribution in [-0.4, -0.2) is 28.0 Å². The quantitative estimate of drug-likeness (QED) is 0.529. The molecule has 0 aliphatic rings. The van der Waals surface area contributed by atoms with Crippen molar-refractivity contribution in [2.45, 2.75) is 6.54 Å². The van der Waals surface area contributed by atoms with Gasteiger partial charge in [0.1, 0.15) is 5.75 Å². The lowest BCUT2D eigenvalue weighted by molar-refractivity contribution is 0.412. The molecule has 0 radical (unpaired) electrons. The molecule has 29 heavy (non-hydrogen) atoms. The second kappa shape index (κ2) is 7.98. The number of aliphatic imine (C=N–C) groups is 1. The maximum Gasteiger partial charge on any atom is 0.261 e. The molecule has 0 unspecified atom stereocenters. The first-order chi connectivity index (χ1) is 14.2. The van der Waals surface area contributed by atoms with Gasteiger partial charge in [-0.2, -0.15) is 0 Å². The fourth-order valence-electron chi connectivity index (χ4n) is 3.17. The largest absolute Gasteiger partial charge is 0.497 e. The smallest absolute Gasteiger partial charge is 0.261 e. The molecule has 1 N–H and O–H groups in total. The van der Waals surface area contributed by atoms with Crippen molar-refractivity contribution in [2.24, 2.45) is 4.99 Å². The van der Waals surface area contributed by atoms with Crippen LogP contribution in [0.5, 0.6) is 11.6 Å². The molecule has 0 saturated heterocycles. The van der Waals surface area contributed by atoms with Gasteiger partial charge in [-0.25, -0.2) is 0 Å². The van der Waals surface area contributed by atoms with Crippen molar-refractivity contribution in [3.8, 4) is 11.6 Å². The minimum atomic E-state index is -0.255. The van der Waals surface area contributed by atoms with Crippen LogP contribution in [-0.2, 0) is 6.54 Å². The second-order valence-electron chi connectivity index (χ2n) is 6.49. The first kappa shape index (κ1) is 18.4. The van der Waals surface area contributed by atoms with Crippen molar-refractivity contribution in [1.82, 2.24) is 9.55 Å². The topological polar surface area (TPSA) is 76.7 Å². The minimum absolute atomic E-state index is 0.123. The van der Waals surface area contributed by atoms with Gasteiger partial charge in [-0.3, -0.25) is 19.3 Å². The zero-order valence-corrected chi connectivity index (χ0v) is 15.8. The van der Waals surface area contributed by atoms with Gasteiger partial charge in [-0.15, -0.1) is 0 Å². The van der Waals surface area contributed by atoms with Crippen molar-refractivity contribution < 1.29 is 9.84 Å². The first-order valence-electron chi connectivity index (χ1n) is 9.09. The minimum Gasteiger partial charge on any atom is -0.497 e. The number of benzene rings is 2. The molecular weight excluding hydrogens is 366 g/mol. The molecule has 2 aromatic carbocycles. The Labute approximate surface area is 167 Å². The fraction of sp³-hybridized carbons (Fsp3) is 0.0870. The molecule has 4 aromatic rings. The SMILES string of the molecule is COc1ccc(Cn2c(O)c(C=Nc3ccncc3)c3ccccc3c2=O)cc1. The Hall–Kier alpha value is -3.93. The summed E-state index contributed by atoms with van der Waals surface area (Å²) in [5.41, 5.74) is 1.81. The van der Waals surface area contributed by atoms with Gasteiger partial charge < -0.3 is 9.84 Å². The molecule has 0 aliphatic heterocycles. The maximum atomic E-state index is 13.0. The van der Waals surface area contributed by atoms with E-state index in [1.54, 1.807) is 43.9 Å². The average Bonchev–Trinajstić information content (AvgIpc) is 2.78. The van der Waals surface area contributed by atoms with Crippen molar-refractivity contribution >= 4 is 22.7 Å². The van der Waals surface area contributed by atoms with E-state index in [2.05, 4.69) is 9.98 Å². The third-order valence-electron chi connectivity index (χ3n) is 4.69. The van der Waals surface area contributed by atoms with Gasteiger partial charge in [0.05, 0.1) is 24.9 Å². The molecule has 2 heterocycles. The second-order valence-corrected chi connectivity index (χ2v) is 6.49. The number of ether oxygens (including phenoxy) is 1. The van der Waals surface area contributed by atoms with Crippen LogP contribution in [0.25, 0.3) is 10.8 Å².